The van der Waals surface area contributed by atoms with E-state index in [-0.39, 0.29) is 5.41 Å². The van der Waals surface area contributed by atoms with Crippen molar-refractivity contribution in [3.63, 3.8) is 0 Å². The van der Waals surface area contributed by atoms with Gasteiger partial charge in [-0.15, -0.1) is 0 Å². The zero-order valence-corrected chi connectivity index (χ0v) is 17.1. The molecular weight excluding hydrogens is 318 g/mol. The third-order valence-electron chi connectivity index (χ3n) is 3.84. The molecule has 0 unspecified atom stereocenters. The Balaban J connectivity index is 2.73. The molecule has 0 bridgehead atoms. The number of carbonyl (C=O) groups excluding carboxylic acids is 1. The molecule has 0 atom stereocenters. The van der Waals surface area contributed by atoms with Crippen molar-refractivity contribution in [3.05, 3.63) is 18.2 Å². The number of hydrogen-bond acceptors (Lipinski definition) is 4. The van der Waals surface area contributed by atoms with Crippen LogP contribution in [0.15, 0.2) is 12.5 Å². The number of methoxy groups -OCH3 is 1. The fourth-order valence-corrected chi connectivity index (χ4v) is 2.63. The number of hydrogen-bond donors (Lipinski definition) is 1. The van der Waals surface area contributed by atoms with Gasteiger partial charge in [-0.3, -0.25) is 0 Å². The van der Waals surface area contributed by atoms with Gasteiger partial charge in [0.1, 0.15) is 5.60 Å². The Morgan fingerprint density at radius 3 is 2.40 bits per heavy atom. The van der Waals surface area contributed by atoms with Crippen molar-refractivity contribution >= 4 is 6.09 Å². The molecule has 0 spiro atoms. The van der Waals surface area contributed by atoms with Crippen LogP contribution < -0.4 is 5.32 Å². The smallest absolute Gasteiger partial charge is 0.408 e. The quantitative estimate of drug-likeness (QED) is 0.772. The molecule has 6 nitrogen and oxygen atoms in total. The summed E-state index contributed by atoms with van der Waals surface area (Å²) < 4.78 is 12.7. The molecule has 25 heavy (non-hydrogen) atoms. The van der Waals surface area contributed by atoms with E-state index in [1.165, 1.54) is 0 Å². The van der Waals surface area contributed by atoms with Crippen molar-refractivity contribution in [2.75, 3.05) is 13.7 Å². The van der Waals surface area contributed by atoms with Crippen molar-refractivity contribution in [1.82, 2.24) is 14.9 Å². The number of alkyl carbamates (subject to hydrolysis) is 1. The molecule has 0 saturated carbocycles. The number of nitrogens with one attached hydrogen (secondary N) is 1. The highest BCUT2D eigenvalue weighted by Gasteiger charge is 2.27. The highest BCUT2D eigenvalue weighted by Crippen LogP contribution is 2.24. The van der Waals surface area contributed by atoms with E-state index in [0.29, 0.717) is 6.42 Å². The van der Waals surface area contributed by atoms with E-state index in [1.54, 1.807) is 7.11 Å². The molecule has 6 heteroatoms. The molecule has 1 heterocycles. The molecule has 1 aromatic rings. The monoisotopic (exact) mass is 353 g/mol. The van der Waals surface area contributed by atoms with Gasteiger partial charge in [0.25, 0.3) is 0 Å². The first-order valence-electron chi connectivity index (χ1n) is 8.83. The summed E-state index contributed by atoms with van der Waals surface area (Å²) in [7, 11) is 1.73. The molecule has 0 aliphatic rings. The van der Waals surface area contributed by atoms with E-state index in [9.17, 15) is 4.79 Å². The van der Waals surface area contributed by atoms with Crippen LogP contribution >= 0.6 is 0 Å². The predicted molar refractivity (Wildman–Crippen MR) is 99.7 cm³/mol. The maximum atomic E-state index is 12.1. The second-order valence-electron chi connectivity index (χ2n) is 9.11. The van der Waals surface area contributed by atoms with Crippen LogP contribution in [0.3, 0.4) is 0 Å². The standard InChI is InChI=1S/C19H35N3O3/c1-17(2,3)25-16(23)21-19(6,7)11-15-12-20-14-22(15)13-18(4,5)9-10-24-8/h12,14H,9-11,13H2,1-8H3,(H,21,23). The number of aromatic nitrogens is 2. The minimum atomic E-state index is -0.507. The van der Waals surface area contributed by atoms with Crippen LogP contribution in [0.2, 0.25) is 0 Å². The van der Waals surface area contributed by atoms with E-state index in [1.807, 2.05) is 47.1 Å². The largest absolute Gasteiger partial charge is 0.444 e. The molecule has 0 fully saturated rings. The highest BCUT2D eigenvalue weighted by atomic mass is 16.6. The number of ether oxygens (including phenoxy) is 2. The molecule has 0 aliphatic heterocycles. The molecule has 0 radical (unpaired) electrons. The normalized spacial score (nSPS) is 13.0. The lowest BCUT2D eigenvalue weighted by Gasteiger charge is -2.30. The predicted octanol–water partition coefficient (Wildman–Crippen LogP) is 3.79. The number of rotatable bonds is 8. The van der Waals surface area contributed by atoms with E-state index in [2.05, 4.69) is 28.7 Å². The summed E-state index contributed by atoms with van der Waals surface area (Å²) in [5, 5.41) is 2.95. The molecule has 1 N–H and O–H groups in total. The first-order chi connectivity index (χ1) is 11.3. The maximum Gasteiger partial charge on any atom is 0.408 e. The van der Waals surface area contributed by atoms with Gasteiger partial charge in [-0.25, -0.2) is 9.78 Å². The van der Waals surface area contributed by atoms with Gasteiger partial charge in [-0.2, -0.15) is 0 Å². The van der Waals surface area contributed by atoms with Crippen LogP contribution in [-0.2, 0) is 22.4 Å². The third-order valence-corrected chi connectivity index (χ3v) is 3.84. The van der Waals surface area contributed by atoms with Crippen molar-refractivity contribution in [2.45, 2.75) is 79.0 Å². The summed E-state index contributed by atoms with van der Waals surface area (Å²) in [5.74, 6) is 0. The first-order valence-corrected chi connectivity index (χ1v) is 8.83. The molecule has 0 aromatic carbocycles. The lowest BCUT2D eigenvalue weighted by molar-refractivity contribution is 0.0471. The SMILES string of the molecule is COCCC(C)(C)Cn1cncc1CC(C)(C)NC(=O)OC(C)(C)C. The van der Waals surface area contributed by atoms with Gasteiger partial charge in [0.05, 0.1) is 6.33 Å². The topological polar surface area (TPSA) is 65.4 Å². The summed E-state index contributed by atoms with van der Waals surface area (Å²) in [6, 6.07) is 0. The summed E-state index contributed by atoms with van der Waals surface area (Å²) >= 11 is 0. The summed E-state index contributed by atoms with van der Waals surface area (Å²) in [6.07, 6.45) is 4.97. The van der Waals surface area contributed by atoms with Gasteiger partial charge >= 0.3 is 6.09 Å². The second-order valence-corrected chi connectivity index (χ2v) is 9.11. The Hall–Kier alpha value is -1.56. The molecule has 1 rings (SSSR count). The molecule has 1 amide bonds. The van der Waals surface area contributed by atoms with Gasteiger partial charge < -0.3 is 19.4 Å². The van der Waals surface area contributed by atoms with Crippen molar-refractivity contribution in [3.8, 4) is 0 Å². The van der Waals surface area contributed by atoms with E-state index < -0.39 is 17.2 Å². The van der Waals surface area contributed by atoms with Crippen LogP contribution in [0, 0.1) is 5.41 Å². The zero-order valence-electron chi connectivity index (χ0n) is 17.1. The lowest BCUT2D eigenvalue weighted by Crippen LogP contribution is -2.47. The zero-order chi connectivity index (χ0) is 19.3. The van der Waals surface area contributed by atoms with Gasteiger partial charge in [0, 0.05) is 44.1 Å². The Labute approximate surface area is 152 Å². The summed E-state index contributed by atoms with van der Waals surface area (Å²) in [4.78, 5) is 16.4. The van der Waals surface area contributed by atoms with Crippen molar-refractivity contribution in [2.24, 2.45) is 5.41 Å². The molecule has 144 valence electrons. The molecule has 0 aliphatic carbocycles. The number of carbonyl (C=O) groups is 1. The van der Waals surface area contributed by atoms with Gasteiger partial charge in [-0.05, 0) is 46.5 Å². The van der Waals surface area contributed by atoms with Gasteiger partial charge in [-0.1, -0.05) is 13.8 Å². The van der Waals surface area contributed by atoms with Crippen LogP contribution in [-0.4, -0.2) is 40.5 Å². The van der Waals surface area contributed by atoms with E-state index in [4.69, 9.17) is 9.47 Å². The van der Waals surface area contributed by atoms with E-state index in [0.717, 1.165) is 25.3 Å². The number of imidazole rings is 1. The average Bonchev–Trinajstić information content (AvgIpc) is 2.79. The molecule has 0 saturated heterocycles. The fraction of sp³-hybridized carbons (Fsp3) is 0.789. The molecular formula is C19H35N3O3. The lowest BCUT2D eigenvalue weighted by atomic mass is 9.89. The average molecular weight is 354 g/mol. The van der Waals surface area contributed by atoms with Gasteiger partial charge in [0.2, 0.25) is 0 Å². The highest BCUT2D eigenvalue weighted by molar-refractivity contribution is 5.68. The number of amides is 1. The first kappa shape index (κ1) is 21.5. The van der Waals surface area contributed by atoms with Crippen LogP contribution in [0.25, 0.3) is 0 Å². The van der Waals surface area contributed by atoms with Crippen LogP contribution in [0.5, 0.6) is 0 Å². The minimum Gasteiger partial charge on any atom is -0.444 e. The second kappa shape index (κ2) is 8.21. The van der Waals surface area contributed by atoms with Crippen LogP contribution in [0.4, 0.5) is 4.79 Å². The Morgan fingerprint density at radius 2 is 1.84 bits per heavy atom. The van der Waals surface area contributed by atoms with Crippen molar-refractivity contribution < 1.29 is 14.3 Å². The minimum absolute atomic E-state index is 0.105. The Morgan fingerprint density at radius 1 is 1.20 bits per heavy atom. The third kappa shape index (κ3) is 8.38. The molecule has 1 aromatic heterocycles. The van der Waals surface area contributed by atoms with E-state index >= 15 is 0 Å². The Kier molecular flexibility index (Phi) is 7.06. The summed E-state index contributed by atoms with van der Waals surface area (Å²) in [5.41, 5.74) is 0.254. The maximum absolute atomic E-state index is 12.1. The number of nitrogens with zero attached hydrogens (tertiary/aromatic N) is 2. The summed E-state index contributed by atoms with van der Waals surface area (Å²) in [6.45, 7) is 15.6. The van der Waals surface area contributed by atoms with Crippen LogP contribution in [0.1, 0.15) is 60.6 Å². The van der Waals surface area contributed by atoms with Crippen molar-refractivity contribution in [1.29, 1.82) is 0 Å². The Bertz CT molecular complexity index is 557. The van der Waals surface area contributed by atoms with Gasteiger partial charge in [0.15, 0.2) is 0 Å². The fourth-order valence-electron chi connectivity index (χ4n) is 2.63.